The summed E-state index contributed by atoms with van der Waals surface area (Å²) >= 11 is 0. The van der Waals surface area contributed by atoms with Crippen molar-refractivity contribution in [2.75, 3.05) is 0 Å². The first-order valence-electron chi connectivity index (χ1n) is 7.30. The van der Waals surface area contributed by atoms with E-state index in [1.807, 2.05) is 0 Å². The molecular formula is C16H25ClN2O. The summed E-state index contributed by atoms with van der Waals surface area (Å²) in [6.07, 6.45) is 5.59. The highest BCUT2D eigenvalue weighted by molar-refractivity contribution is 5.85. The molecule has 1 aromatic rings. The Morgan fingerprint density at radius 3 is 2.25 bits per heavy atom. The first-order chi connectivity index (χ1) is 9.17. The van der Waals surface area contributed by atoms with Gasteiger partial charge in [-0.15, -0.1) is 12.4 Å². The lowest BCUT2D eigenvalue weighted by Gasteiger charge is -2.26. The number of rotatable bonds is 4. The van der Waals surface area contributed by atoms with E-state index in [0.29, 0.717) is 18.5 Å². The second kappa shape index (κ2) is 8.28. The van der Waals surface area contributed by atoms with Gasteiger partial charge in [-0.05, 0) is 43.2 Å². The molecule has 4 heteroatoms. The van der Waals surface area contributed by atoms with Crippen LogP contribution in [0.3, 0.4) is 0 Å². The SMILES string of the molecule is CCc1ccc(CC(=O)NC2CCC(N)CC2)cc1.Cl. The van der Waals surface area contributed by atoms with Gasteiger partial charge in [-0.2, -0.15) is 0 Å². The van der Waals surface area contributed by atoms with Gasteiger partial charge in [-0.25, -0.2) is 0 Å². The van der Waals surface area contributed by atoms with Crippen LogP contribution in [0.4, 0.5) is 0 Å². The number of halogens is 1. The molecule has 1 saturated carbocycles. The number of nitrogens with two attached hydrogens (primary N) is 1. The second-order valence-electron chi connectivity index (χ2n) is 5.53. The number of carbonyl (C=O) groups excluding carboxylic acids is 1. The maximum atomic E-state index is 12.0. The van der Waals surface area contributed by atoms with Crippen LogP contribution in [0.25, 0.3) is 0 Å². The minimum absolute atomic E-state index is 0. The average molecular weight is 297 g/mol. The molecule has 1 aromatic carbocycles. The van der Waals surface area contributed by atoms with E-state index >= 15 is 0 Å². The molecule has 0 aromatic heterocycles. The van der Waals surface area contributed by atoms with Gasteiger partial charge in [-0.3, -0.25) is 4.79 Å². The van der Waals surface area contributed by atoms with E-state index < -0.39 is 0 Å². The molecule has 2 rings (SSSR count). The van der Waals surface area contributed by atoms with Gasteiger partial charge >= 0.3 is 0 Å². The molecule has 3 nitrogen and oxygen atoms in total. The predicted molar refractivity (Wildman–Crippen MR) is 85.1 cm³/mol. The number of amides is 1. The third-order valence-corrected chi connectivity index (χ3v) is 3.93. The van der Waals surface area contributed by atoms with Crippen molar-refractivity contribution < 1.29 is 4.79 Å². The fourth-order valence-electron chi connectivity index (χ4n) is 2.62. The van der Waals surface area contributed by atoms with Gasteiger partial charge < -0.3 is 11.1 Å². The summed E-state index contributed by atoms with van der Waals surface area (Å²) in [7, 11) is 0. The number of hydrogen-bond donors (Lipinski definition) is 2. The topological polar surface area (TPSA) is 55.1 Å². The molecule has 0 heterocycles. The van der Waals surface area contributed by atoms with E-state index in [9.17, 15) is 4.79 Å². The van der Waals surface area contributed by atoms with E-state index in [0.717, 1.165) is 37.7 Å². The molecule has 112 valence electrons. The van der Waals surface area contributed by atoms with Crippen LogP contribution in [-0.2, 0) is 17.6 Å². The number of benzene rings is 1. The Hall–Kier alpha value is -1.06. The summed E-state index contributed by atoms with van der Waals surface area (Å²) in [4.78, 5) is 12.0. The van der Waals surface area contributed by atoms with Crippen LogP contribution in [-0.4, -0.2) is 18.0 Å². The molecular weight excluding hydrogens is 272 g/mol. The molecule has 0 aliphatic heterocycles. The monoisotopic (exact) mass is 296 g/mol. The molecule has 1 aliphatic carbocycles. The van der Waals surface area contributed by atoms with Gasteiger partial charge in [0.25, 0.3) is 0 Å². The molecule has 1 amide bonds. The standard InChI is InChI=1S/C16H24N2O.ClH/c1-2-12-3-5-13(6-4-12)11-16(19)18-15-9-7-14(17)8-10-15;/h3-6,14-15H,2,7-11,17H2,1H3,(H,18,19);1H. The molecule has 20 heavy (non-hydrogen) atoms. The third-order valence-electron chi connectivity index (χ3n) is 3.93. The Bertz CT molecular complexity index is 411. The highest BCUT2D eigenvalue weighted by atomic mass is 35.5. The predicted octanol–water partition coefficient (Wildman–Crippen LogP) is 2.60. The minimum atomic E-state index is 0. The smallest absolute Gasteiger partial charge is 0.224 e. The highest BCUT2D eigenvalue weighted by Gasteiger charge is 2.19. The Morgan fingerprint density at radius 2 is 1.70 bits per heavy atom. The first kappa shape index (κ1) is 17.0. The number of carbonyl (C=O) groups is 1. The van der Waals surface area contributed by atoms with Crippen LogP contribution in [0.1, 0.15) is 43.7 Å². The summed E-state index contributed by atoms with van der Waals surface area (Å²) in [6, 6.07) is 8.95. The van der Waals surface area contributed by atoms with Crippen LogP contribution >= 0.6 is 12.4 Å². The molecule has 3 N–H and O–H groups in total. The van der Waals surface area contributed by atoms with Gasteiger partial charge in [0.1, 0.15) is 0 Å². The number of aryl methyl sites for hydroxylation is 1. The highest BCUT2D eigenvalue weighted by Crippen LogP contribution is 2.17. The van der Waals surface area contributed by atoms with E-state index in [2.05, 4.69) is 36.5 Å². The lowest BCUT2D eigenvalue weighted by atomic mass is 9.91. The fourth-order valence-corrected chi connectivity index (χ4v) is 2.62. The Balaban J connectivity index is 0.00000200. The summed E-state index contributed by atoms with van der Waals surface area (Å²) < 4.78 is 0. The number of hydrogen-bond acceptors (Lipinski definition) is 2. The van der Waals surface area contributed by atoms with Crippen molar-refractivity contribution in [2.24, 2.45) is 5.73 Å². The van der Waals surface area contributed by atoms with Crippen molar-refractivity contribution in [2.45, 2.75) is 57.5 Å². The summed E-state index contributed by atoms with van der Waals surface area (Å²) in [5, 5.41) is 3.12. The summed E-state index contributed by atoms with van der Waals surface area (Å²) in [5.74, 6) is 0.129. The zero-order chi connectivity index (χ0) is 13.7. The zero-order valence-corrected chi connectivity index (χ0v) is 12.9. The molecule has 0 bridgehead atoms. The van der Waals surface area contributed by atoms with Crippen molar-refractivity contribution >= 4 is 18.3 Å². The quantitative estimate of drug-likeness (QED) is 0.897. The average Bonchev–Trinajstić information content (AvgIpc) is 2.42. The summed E-state index contributed by atoms with van der Waals surface area (Å²) in [5.41, 5.74) is 8.26. The largest absolute Gasteiger partial charge is 0.353 e. The van der Waals surface area contributed by atoms with Gasteiger partial charge in [0.2, 0.25) is 5.91 Å². The van der Waals surface area contributed by atoms with Crippen LogP contribution in [0, 0.1) is 0 Å². The molecule has 0 atom stereocenters. The molecule has 0 saturated heterocycles. The maximum Gasteiger partial charge on any atom is 0.224 e. The van der Waals surface area contributed by atoms with Gasteiger partial charge in [0.05, 0.1) is 6.42 Å². The number of nitrogens with one attached hydrogen (secondary N) is 1. The minimum Gasteiger partial charge on any atom is -0.353 e. The normalized spacial score (nSPS) is 21.9. The van der Waals surface area contributed by atoms with Gasteiger partial charge in [-0.1, -0.05) is 31.2 Å². The van der Waals surface area contributed by atoms with Crippen molar-refractivity contribution in [1.29, 1.82) is 0 Å². The van der Waals surface area contributed by atoms with Gasteiger partial charge in [0, 0.05) is 12.1 Å². The fraction of sp³-hybridized carbons (Fsp3) is 0.562. The lowest BCUT2D eigenvalue weighted by molar-refractivity contribution is -0.121. The Morgan fingerprint density at radius 1 is 1.15 bits per heavy atom. The maximum absolute atomic E-state index is 12.0. The molecule has 0 unspecified atom stereocenters. The molecule has 1 aliphatic rings. The second-order valence-corrected chi connectivity index (χ2v) is 5.53. The van der Waals surface area contributed by atoms with E-state index in [1.54, 1.807) is 0 Å². The van der Waals surface area contributed by atoms with E-state index in [1.165, 1.54) is 5.56 Å². The van der Waals surface area contributed by atoms with Crippen LogP contribution in [0.5, 0.6) is 0 Å². The Labute approximate surface area is 127 Å². The van der Waals surface area contributed by atoms with Crippen molar-refractivity contribution in [1.82, 2.24) is 5.32 Å². The van der Waals surface area contributed by atoms with E-state index in [-0.39, 0.29) is 18.3 Å². The van der Waals surface area contributed by atoms with Crippen LogP contribution in [0.15, 0.2) is 24.3 Å². The summed E-state index contributed by atoms with van der Waals surface area (Å²) in [6.45, 7) is 2.13. The Kier molecular flexibility index (Phi) is 7.03. The van der Waals surface area contributed by atoms with Crippen LogP contribution in [0.2, 0.25) is 0 Å². The van der Waals surface area contributed by atoms with Gasteiger partial charge in [0.15, 0.2) is 0 Å². The van der Waals surface area contributed by atoms with Crippen molar-refractivity contribution in [3.05, 3.63) is 35.4 Å². The van der Waals surface area contributed by atoms with E-state index in [4.69, 9.17) is 5.73 Å². The molecule has 0 spiro atoms. The van der Waals surface area contributed by atoms with Crippen molar-refractivity contribution in [3.8, 4) is 0 Å². The molecule has 1 fully saturated rings. The van der Waals surface area contributed by atoms with Crippen LogP contribution < -0.4 is 11.1 Å². The third kappa shape index (κ3) is 5.14. The molecule has 0 radical (unpaired) electrons. The zero-order valence-electron chi connectivity index (χ0n) is 12.1. The lowest BCUT2D eigenvalue weighted by Crippen LogP contribution is -2.41. The van der Waals surface area contributed by atoms with Crippen molar-refractivity contribution in [3.63, 3.8) is 0 Å². The first-order valence-corrected chi connectivity index (χ1v) is 7.30.